The molecule has 0 N–H and O–H groups in total. The average molecular weight is 339 g/mol. The molecule has 1 saturated heterocycles. The third-order valence-corrected chi connectivity index (χ3v) is 4.99. The van der Waals surface area contributed by atoms with Crippen molar-refractivity contribution in [2.24, 2.45) is 0 Å². The van der Waals surface area contributed by atoms with E-state index in [4.69, 9.17) is 4.74 Å². The van der Waals surface area contributed by atoms with Crippen LogP contribution in [-0.2, 0) is 14.3 Å². The molecule has 0 unspecified atom stereocenters. The standard InChI is InChI=1S/C21H38O3/c22-20-18-16-14-12-10-8-6-4-2-1-3-5-7-9-11-13-15-17-19-21(23)24-20/h1-19H2. The number of rotatable bonds is 0. The lowest BCUT2D eigenvalue weighted by atomic mass is 10.0. The molecule has 0 aliphatic carbocycles. The number of hydrogen-bond acceptors (Lipinski definition) is 3. The summed E-state index contributed by atoms with van der Waals surface area (Å²) in [6.45, 7) is 0. The van der Waals surface area contributed by atoms with Gasteiger partial charge in [-0.3, -0.25) is 9.59 Å². The molecule has 0 bridgehead atoms. The van der Waals surface area contributed by atoms with E-state index in [-0.39, 0.29) is 11.9 Å². The molecule has 1 aliphatic rings. The number of ether oxygens (including phenoxy) is 1. The van der Waals surface area contributed by atoms with Gasteiger partial charge in [-0.05, 0) is 12.8 Å². The first-order valence-electron chi connectivity index (χ1n) is 10.5. The molecule has 1 rings (SSSR count). The van der Waals surface area contributed by atoms with E-state index in [1.807, 2.05) is 0 Å². The molecule has 0 atom stereocenters. The van der Waals surface area contributed by atoms with E-state index in [0.717, 1.165) is 25.7 Å². The lowest BCUT2D eigenvalue weighted by molar-refractivity contribution is -0.159. The second-order valence-electron chi connectivity index (χ2n) is 7.36. The molecule has 3 nitrogen and oxygen atoms in total. The molecule has 0 saturated carbocycles. The Kier molecular flexibility index (Phi) is 13.8. The predicted molar refractivity (Wildman–Crippen MR) is 98.8 cm³/mol. The topological polar surface area (TPSA) is 43.4 Å². The maximum Gasteiger partial charge on any atom is 0.313 e. The van der Waals surface area contributed by atoms with E-state index in [0.29, 0.717) is 12.8 Å². The van der Waals surface area contributed by atoms with E-state index in [2.05, 4.69) is 0 Å². The van der Waals surface area contributed by atoms with Crippen LogP contribution in [-0.4, -0.2) is 11.9 Å². The second kappa shape index (κ2) is 15.7. The summed E-state index contributed by atoms with van der Waals surface area (Å²) in [5.41, 5.74) is 0. The molecule has 1 fully saturated rings. The van der Waals surface area contributed by atoms with Crippen LogP contribution in [0.25, 0.3) is 0 Å². The summed E-state index contributed by atoms with van der Waals surface area (Å²) >= 11 is 0. The Hall–Kier alpha value is -0.860. The lowest BCUT2D eigenvalue weighted by Crippen LogP contribution is -2.11. The summed E-state index contributed by atoms with van der Waals surface area (Å²) in [5.74, 6) is -0.663. The molecule has 140 valence electrons. The highest BCUT2D eigenvalue weighted by Crippen LogP contribution is 2.15. The summed E-state index contributed by atoms with van der Waals surface area (Å²) in [6, 6.07) is 0. The van der Waals surface area contributed by atoms with Crippen molar-refractivity contribution < 1.29 is 14.3 Å². The van der Waals surface area contributed by atoms with Crippen LogP contribution in [0.4, 0.5) is 0 Å². The van der Waals surface area contributed by atoms with Crippen LogP contribution in [0.5, 0.6) is 0 Å². The largest absolute Gasteiger partial charge is 0.393 e. The van der Waals surface area contributed by atoms with Gasteiger partial charge in [-0.2, -0.15) is 0 Å². The molecule has 1 heterocycles. The fourth-order valence-corrected chi connectivity index (χ4v) is 3.42. The third kappa shape index (κ3) is 13.6. The number of esters is 2. The summed E-state index contributed by atoms with van der Waals surface area (Å²) in [5, 5.41) is 0. The number of hydrogen-bond donors (Lipinski definition) is 0. The fourth-order valence-electron chi connectivity index (χ4n) is 3.42. The molecule has 0 spiro atoms. The molecule has 0 aromatic carbocycles. The molecule has 0 aromatic rings. The van der Waals surface area contributed by atoms with Crippen molar-refractivity contribution in [2.75, 3.05) is 0 Å². The first kappa shape index (κ1) is 21.2. The monoisotopic (exact) mass is 338 g/mol. The van der Waals surface area contributed by atoms with Gasteiger partial charge in [-0.1, -0.05) is 96.3 Å². The number of carbonyl (C=O) groups excluding carboxylic acids is 2. The lowest BCUT2D eigenvalue weighted by Gasteiger charge is -2.05. The zero-order valence-corrected chi connectivity index (χ0v) is 15.7. The van der Waals surface area contributed by atoms with Gasteiger partial charge in [-0.25, -0.2) is 0 Å². The molecule has 0 radical (unpaired) electrons. The van der Waals surface area contributed by atoms with Crippen LogP contribution < -0.4 is 0 Å². The van der Waals surface area contributed by atoms with Crippen LogP contribution in [0.2, 0.25) is 0 Å². The zero-order chi connectivity index (χ0) is 17.3. The van der Waals surface area contributed by atoms with Crippen LogP contribution in [0.1, 0.15) is 122 Å². The Balaban J connectivity index is 2.17. The molecule has 24 heavy (non-hydrogen) atoms. The Bertz CT molecular complexity index is 295. The highest BCUT2D eigenvalue weighted by atomic mass is 16.6. The Morgan fingerprint density at radius 2 is 0.583 bits per heavy atom. The second-order valence-corrected chi connectivity index (χ2v) is 7.36. The van der Waals surface area contributed by atoms with Crippen molar-refractivity contribution in [1.82, 2.24) is 0 Å². The van der Waals surface area contributed by atoms with Gasteiger partial charge in [0.1, 0.15) is 0 Å². The molecular weight excluding hydrogens is 300 g/mol. The summed E-state index contributed by atoms with van der Waals surface area (Å²) < 4.78 is 4.88. The number of cyclic esters (lactones) is 2. The van der Waals surface area contributed by atoms with E-state index < -0.39 is 0 Å². The van der Waals surface area contributed by atoms with Gasteiger partial charge in [0.05, 0.1) is 0 Å². The Morgan fingerprint density at radius 3 is 0.833 bits per heavy atom. The van der Waals surface area contributed by atoms with Gasteiger partial charge >= 0.3 is 11.9 Å². The van der Waals surface area contributed by atoms with Crippen molar-refractivity contribution >= 4 is 11.9 Å². The quantitative estimate of drug-likeness (QED) is 0.375. The summed E-state index contributed by atoms with van der Waals surface area (Å²) in [6.07, 6.45) is 21.9. The maximum atomic E-state index is 11.6. The van der Waals surface area contributed by atoms with E-state index in [1.54, 1.807) is 0 Å². The van der Waals surface area contributed by atoms with E-state index in [9.17, 15) is 9.59 Å². The van der Waals surface area contributed by atoms with Gasteiger partial charge in [-0.15, -0.1) is 0 Å². The van der Waals surface area contributed by atoms with Crippen molar-refractivity contribution in [3.8, 4) is 0 Å². The van der Waals surface area contributed by atoms with Crippen LogP contribution >= 0.6 is 0 Å². The van der Waals surface area contributed by atoms with Crippen molar-refractivity contribution in [2.45, 2.75) is 122 Å². The van der Waals surface area contributed by atoms with Crippen molar-refractivity contribution in [3.63, 3.8) is 0 Å². The van der Waals surface area contributed by atoms with Crippen LogP contribution in [0.15, 0.2) is 0 Å². The highest BCUT2D eigenvalue weighted by Gasteiger charge is 2.09. The Morgan fingerprint density at radius 1 is 0.375 bits per heavy atom. The van der Waals surface area contributed by atoms with Crippen molar-refractivity contribution in [3.05, 3.63) is 0 Å². The molecule has 3 heteroatoms. The molecular formula is C21H38O3. The van der Waals surface area contributed by atoms with E-state index >= 15 is 0 Å². The fraction of sp³-hybridized carbons (Fsp3) is 0.905. The third-order valence-electron chi connectivity index (χ3n) is 4.99. The normalized spacial score (nSPS) is 22.8. The smallest absolute Gasteiger partial charge is 0.313 e. The van der Waals surface area contributed by atoms with Gasteiger partial charge in [0.2, 0.25) is 0 Å². The first-order chi connectivity index (χ1) is 11.8. The minimum absolute atomic E-state index is 0.331. The number of carbonyl (C=O) groups is 2. The van der Waals surface area contributed by atoms with Gasteiger partial charge in [0.25, 0.3) is 0 Å². The predicted octanol–water partition coefficient (Wildman–Crippen LogP) is 6.48. The van der Waals surface area contributed by atoms with Gasteiger partial charge < -0.3 is 4.74 Å². The van der Waals surface area contributed by atoms with Crippen LogP contribution in [0.3, 0.4) is 0 Å². The summed E-state index contributed by atoms with van der Waals surface area (Å²) in [7, 11) is 0. The highest BCUT2D eigenvalue weighted by molar-refractivity contribution is 5.85. The SMILES string of the molecule is O=C1CCCCCCCCCCCCCCCCCCCC(=O)O1. The molecule has 0 amide bonds. The minimum atomic E-state index is -0.331. The zero-order valence-electron chi connectivity index (χ0n) is 15.7. The van der Waals surface area contributed by atoms with Gasteiger partial charge in [0.15, 0.2) is 0 Å². The minimum Gasteiger partial charge on any atom is -0.393 e. The molecule has 0 aromatic heterocycles. The maximum absolute atomic E-state index is 11.6. The van der Waals surface area contributed by atoms with Crippen molar-refractivity contribution in [1.29, 1.82) is 0 Å². The van der Waals surface area contributed by atoms with E-state index in [1.165, 1.54) is 83.5 Å². The van der Waals surface area contributed by atoms with Crippen LogP contribution in [0, 0.1) is 0 Å². The summed E-state index contributed by atoms with van der Waals surface area (Å²) in [4.78, 5) is 23.2. The average Bonchev–Trinajstić information content (AvgIpc) is 2.56. The first-order valence-corrected chi connectivity index (χ1v) is 10.5. The molecule has 1 aliphatic heterocycles. The Labute approximate surface area is 148 Å². The van der Waals surface area contributed by atoms with Gasteiger partial charge in [0, 0.05) is 12.8 Å².